The van der Waals surface area contributed by atoms with Crippen molar-refractivity contribution in [2.45, 2.75) is 13.3 Å². The van der Waals surface area contributed by atoms with Gasteiger partial charge in [0.15, 0.2) is 0 Å². The highest BCUT2D eigenvalue weighted by Crippen LogP contribution is 1.88. The summed E-state index contributed by atoms with van der Waals surface area (Å²) in [7, 11) is 9.81. The molecule has 0 saturated heterocycles. The lowest BCUT2D eigenvalue weighted by molar-refractivity contribution is 1.23. The zero-order valence-corrected chi connectivity index (χ0v) is 8.01. The third-order valence-corrected chi connectivity index (χ3v) is 0.427. The monoisotopic (exact) mass is 163 g/mol. The van der Waals surface area contributed by atoms with Crippen LogP contribution in [0.15, 0.2) is 12.2 Å². The maximum Gasteiger partial charge on any atom is 0.618 e. The van der Waals surface area contributed by atoms with E-state index in [0.29, 0.717) is 0 Å². The Kier molecular flexibility index (Phi) is 16.2. The largest absolute Gasteiger partial charge is 0.618 e. The Bertz CT molecular complexity index is 54.4. The van der Waals surface area contributed by atoms with E-state index in [-0.39, 0.29) is 0 Å². The Morgan fingerprint density at radius 1 is 1.62 bits per heavy atom. The van der Waals surface area contributed by atoms with E-state index >= 15 is 0 Å². The first-order valence-corrected chi connectivity index (χ1v) is 6.52. The van der Waals surface area contributed by atoms with Gasteiger partial charge in [-0.25, -0.2) is 0 Å². The fourth-order valence-electron chi connectivity index (χ4n) is 0. The predicted molar refractivity (Wildman–Crippen MR) is 42.2 cm³/mol. The molecule has 0 aliphatic heterocycles. The molecule has 0 aliphatic carbocycles. The van der Waals surface area contributed by atoms with Gasteiger partial charge in [0.05, 0.1) is 0 Å². The van der Waals surface area contributed by atoms with Crippen LogP contribution in [0.2, 0.25) is 0 Å². The Morgan fingerprint density at radius 3 is 1.75 bits per heavy atom. The van der Waals surface area contributed by atoms with Gasteiger partial charge in [-0.05, 0) is 20.3 Å². The summed E-state index contributed by atoms with van der Waals surface area (Å²) in [6.07, 6.45) is 0.861. The lowest BCUT2D eigenvalue weighted by Gasteiger charge is -1.79. The third kappa shape index (κ3) is 27.6. The fourth-order valence-corrected chi connectivity index (χ4v) is 0. The summed E-state index contributed by atoms with van der Waals surface area (Å²) < 4.78 is 0. The molecule has 45 valence electrons. The van der Waals surface area contributed by atoms with Gasteiger partial charge in [0.1, 0.15) is 0 Å². The van der Waals surface area contributed by atoms with Gasteiger partial charge < -0.3 is 18.1 Å². The minimum absolute atomic E-state index is 0.639. The van der Waals surface area contributed by atoms with E-state index in [1.807, 2.05) is 6.92 Å². The average Bonchev–Trinajstić information content (AvgIpc) is 1.69. The highest BCUT2D eigenvalue weighted by molar-refractivity contribution is 7.22. The van der Waals surface area contributed by atoms with Gasteiger partial charge in [0.25, 0.3) is 0 Å². The lowest BCUT2D eigenvalue weighted by Crippen LogP contribution is -1.59. The molecule has 3 heteroatoms. The van der Waals surface area contributed by atoms with Gasteiger partial charge in [0.2, 0.25) is 0 Å². The van der Waals surface area contributed by atoms with Gasteiger partial charge in [-0.3, -0.25) is 0 Å². The molecule has 0 aromatic heterocycles. The van der Waals surface area contributed by atoms with Gasteiger partial charge in [-0.15, -0.1) is 6.58 Å². The van der Waals surface area contributed by atoms with Crippen LogP contribution in [0.25, 0.3) is 0 Å². The van der Waals surface area contributed by atoms with E-state index in [0.717, 1.165) is 12.0 Å². The van der Waals surface area contributed by atoms with Crippen LogP contribution in [0.4, 0.5) is 0 Å². The molecule has 0 N–H and O–H groups in total. The lowest BCUT2D eigenvalue weighted by atomic mass is 10.3. The Hall–Kier alpha value is 1.09. The second-order valence-corrected chi connectivity index (χ2v) is 3.93. The predicted octanol–water partition coefficient (Wildman–Crippen LogP) is 2.78. The topological polar surface area (TPSA) is 0 Å². The molecule has 0 spiro atoms. The second kappa shape index (κ2) is 11.0. The Labute approximate surface area is 68.5 Å². The van der Waals surface area contributed by atoms with E-state index in [1.54, 1.807) is 0 Å². The van der Waals surface area contributed by atoms with Crippen LogP contribution >= 0.6 is 18.1 Å². The van der Waals surface area contributed by atoms with Crippen molar-refractivity contribution in [1.29, 1.82) is 0 Å². The second-order valence-electron chi connectivity index (χ2n) is 1.31. The van der Waals surface area contributed by atoms with E-state index in [9.17, 15) is 0 Å². The summed E-state index contributed by atoms with van der Waals surface area (Å²) in [6.45, 7) is 9.16. The first-order valence-electron chi connectivity index (χ1n) is 2.24. The first kappa shape index (κ1) is 11.8. The zero-order valence-electron chi connectivity index (χ0n) is 5.08. The minimum atomic E-state index is -0.639. The summed E-state index contributed by atoms with van der Waals surface area (Å²) >= 11 is -0.639. The van der Waals surface area contributed by atoms with E-state index in [1.165, 1.54) is 0 Å². The van der Waals surface area contributed by atoms with Crippen molar-refractivity contribution in [2.75, 3.05) is 0 Å². The Morgan fingerprint density at radius 2 is 1.75 bits per heavy atom. The van der Waals surface area contributed by atoms with Crippen LogP contribution in [0.1, 0.15) is 13.3 Å². The summed E-state index contributed by atoms with van der Waals surface area (Å²) in [4.78, 5) is 0. The number of rotatable bonds is 1. The molecule has 1 radical (unpaired) electrons. The van der Waals surface area contributed by atoms with Crippen LogP contribution < -0.4 is 0 Å². The third-order valence-electron chi connectivity index (χ3n) is 0.427. The molecule has 0 aromatic carbocycles. The summed E-state index contributed by atoms with van der Waals surface area (Å²) in [5.74, 6) is 0. The summed E-state index contributed by atoms with van der Waals surface area (Å²) in [6, 6.07) is 0. The fraction of sp³-hybridized carbons (Fsp3) is 0.400. The Balaban J connectivity index is 0. The molecule has 0 rings (SSSR count). The smallest absolute Gasteiger partial charge is 0.309 e. The standard InChI is InChI=1S/C5H9.2ClH.Mg/c1-4-5(2)3;;;/h1-2,4H2,3H3;2*1H;/q;;;+2/p-2. The molecule has 0 aliphatic rings. The highest BCUT2D eigenvalue weighted by Gasteiger charge is 1.67. The van der Waals surface area contributed by atoms with Gasteiger partial charge in [-0.2, -0.15) is 0 Å². The van der Waals surface area contributed by atoms with Crippen molar-refractivity contribution in [3.63, 3.8) is 0 Å². The average molecular weight is 164 g/mol. The van der Waals surface area contributed by atoms with E-state index < -0.39 is 18.2 Å². The van der Waals surface area contributed by atoms with Crippen molar-refractivity contribution < 1.29 is 0 Å². The van der Waals surface area contributed by atoms with Crippen molar-refractivity contribution in [1.82, 2.24) is 0 Å². The molecule has 0 fully saturated rings. The van der Waals surface area contributed by atoms with Crippen molar-refractivity contribution in [3.05, 3.63) is 19.1 Å². The molecule has 0 bridgehead atoms. The highest BCUT2D eigenvalue weighted by atomic mass is 35.6. The molecule has 0 heterocycles. The number of hydrogen-bond acceptors (Lipinski definition) is 0. The van der Waals surface area contributed by atoms with Crippen molar-refractivity contribution >= 4 is 36.3 Å². The van der Waals surface area contributed by atoms with Gasteiger partial charge >= 0.3 is 18.2 Å². The molecule has 0 aromatic rings. The molecule has 0 atom stereocenters. The molecular weight excluding hydrogens is 155 g/mol. The summed E-state index contributed by atoms with van der Waals surface area (Å²) in [5, 5.41) is 0. The quantitative estimate of drug-likeness (QED) is 0.413. The van der Waals surface area contributed by atoms with Crippen molar-refractivity contribution in [2.24, 2.45) is 0 Å². The number of halogens is 2. The molecule has 0 saturated carbocycles. The normalized spacial score (nSPS) is 6.00. The minimum Gasteiger partial charge on any atom is -0.309 e. The SMILES string of the molecule is [CH2]CC(=C)C.[Cl][Mg][Cl]. The van der Waals surface area contributed by atoms with Crippen LogP contribution in [0.3, 0.4) is 0 Å². The van der Waals surface area contributed by atoms with Crippen LogP contribution in [-0.2, 0) is 0 Å². The molecular formula is C5H9Cl2Mg. The maximum absolute atomic E-state index is 4.90. The summed E-state index contributed by atoms with van der Waals surface area (Å²) in [5.41, 5.74) is 1.14. The van der Waals surface area contributed by atoms with E-state index in [4.69, 9.17) is 18.1 Å². The van der Waals surface area contributed by atoms with Gasteiger partial charge in [-0.1, -0.05) is 5.57 Å². The van der Waals surface area contributed by atoms with Crippen LogP contribution in [-0.4, -0.2) is 18.2 Å². The first-order chi connectivity index (χ1) is 3.68. The van der Waals surface area contributed by atoms with Crippen LogP contribution in [0, 0.1) is 6.92 Å². The van der Waals surface area contributed by atoms with Gasteiger partial charge in [0, 0.05) is 0 Å². The van der Waals surface area contributed by atoms with Crippen LogP contribution in [0.5, 0.6) is 0 Å². The molecule has 0 unspecified atom stereocenters. The maximum atomic E-state index is 4.90. The molecule has 8 heavy (non-hydrogen) atoms. The zero-order chi connectivity index (χ0) is 6.99. The van der Waals surface area contributed by atoms with E-state index in [2.05, 4.69) is 13.5 Å². The molecule has 0 amide bonds. The number of hydrogen-bond donors (Lipinski definition) is 0. The molecule has 0 nitrogen and oxygen atoms in total. The van der Waals surface area contributed by atoms with Crippen molar-refractivity contribution in [3.8, 4) is 0 Å². The number of allylic oxidation sites excluding steroid dienone is 1.